The summed E-state index contributed by atoms with van der Waals surface area (Å²) < 4.78 is 0. The van der Waals surface area contributed by atoms with Gasteiger partial charge in [0.1, 0.15) is 0 Å². The van der Waals surface area contributed by atoms with Crippen molar-refractivity contribution in [3.05, 3.63) is 127 Å². The van der Waals surface area contributed by atoms with Gasteiger partial charge in [0.2, 0.25) is 0 Å². The van der Waals surface area contributed by atoms with E-state index < -0.39 is 0 Å². The molecule has 0 aliphatic rings. The van der Waals surface area contributed by atoms with Crippen LogP contribution >= 0.6 is 46.4 Å². The molecule has 4 rings (SSSR count). The van der Waals surface area contributed by atoms with Gasteiger partial charge in [-0.2, -0.15) is 0 Å². The predicted octanol–water partition coefficient (Wildman–Crippen LogP) is 8.49. The van der Waals surface area contributed by atoms with E-state index in [2.05, 4.69) is 9.98 Å². The van der Waals surface area contributed by atoms with Crippen molar-refractivity contribution in [2.45, 2.75) is 25.9 Å². The van der Waals surface area contributed by atoms with Crippen molar-refractivity contribution >= 4 is 58.8 Å². The minimum Gasteiger partial charge on any atom is -0.871 e. The van der Waals surface area contributed by atoms with Crippen LogP contribution in [0.5, 0.6) is 11.5 Å². The van der Waals surface area contributed by atoms with Gasteiger partial charge in [0.25, 0.3) is 0 Å². The Morgan fingerprint density at radius 2 is 0.923 bits per heavy atom. The summed E-state index contributed by atoms with van der Waals surface area (Å²) in [6.07, 6.45) is 3.05. The summed E-state index contributed by atoms with van der Waals surface area (Å²) in [6.45, 7) is 3.92. The van der Waals surface area contributed by atoms with Gasteiger partial charge >= 0.3 is 17.1 Å². The van der Waals surface area contributed by atoms with E-state index in [-0.39, 0.29) is 50.7 Å². The molecule has 4 aromatic carbocycles. The van der Waals surface area contributed by atoms with E-state index in [1.54, 1.807) is 12.1 Å². The molecular weight excluding hydrogens is 626 g/mol. The third-order valence-corrected chi connectivity index (χ3v) is 6.51. The van der Waals surface area contributed by atoms with Crippen LogP contribution in [0.15, 0.2) is 94.9 Å². The standard InChI is InChI=1S/2C15H13Cl2NO.Cu/c2*1-10(11-5-3-2-4-6-11)18-9-12-7-13(16)8-14(17)15(12)19;/h2*2-10,19H,1H3;/q;;+2/p-2/t2*10-;/m11./s1. The van der Waals surface area contributed by atoms with Gasteiger partial charge in [-0.05, 0) is 60.4 Å². The molecule has 0 heterocycles. The quantitative estimate of drug-likeness (QED) is 0.155. The van der Waals surface area contributed by atoms with Crippen LogP contribution in [0.3, 0.4) is 0 Å². The predicted molar refractivity (Wildman–Crippen MR) is 157 cm³/mol. The maximum absolute atomic E-state index is 11.8. The van der Waals surface area contributed by atoms with E-state index in [9.17, 15) is 10.2 Å². The second-order valence-electron chi connectivity index (χ2n) is 8.34. The van der Waals surface area contributed by atoms with Crippen molar-refractivity contribution in [3.8, 4) is 11.5 Å². The maximum Gasteiger partial charge on any atom is 2.00 e. The second-order valence-corrected chi connectivity index (χ2v) is 10.0. The first-order chi connectivity index (χ1) is 18.2. The molecule has 2 atom stereocenters. The molecule has 0 saturated carbocycles. The summed E-state index contributed by atoms with van der Waals surface area (Å²) in [5.41, 5.74) is 2.97. The monoisotopic (exact) mass is 647 g/mol. The minimum absolute atomic E-state index is 0. The Morgan fingerprint density at radius 1 is 0.590 bits per heavy atom. The molecule has 0 aliphatic carbocycles. The summed E-state index contributed by atoms with van der Waals surface area (Å²) >= 11 is 23.3. The fourth-order valence-corrected chi connectivity index (χ4v) is 4.39. The molecule has 0 N–H and O–H groups in total. The SMILES string of the molecule is C[C@@H](N=Cc1cc(Cl)cc(Cl)c1[O-])c1ccccc1.C[C@@H](N=Cc1cc(Cl)cc(Cl)c1[O-])c1ccccc1.[Cu+2]. The zero-order valence-electron chi connectivity index (χ0n) is 20.9. The number of hydrogen-bond donors (Lipinski definition) is 0. The molecule has 0 amide bonds. The Kier molecular flexibility index (Phi) is 13.4. The summed E-state index contributed by atoms with van der Waals surface area (Å²) in [4.78, 5) is 8.73. The smallest absolute Gasteiger partial charge is 0.871 e. The average Bonchev–Trinajstić information content (AvgIpc) is 2.92. The van der Waals surface area contributed by atoms with Crippen LogP contribution < -0.4 is 10.2 Å². The molecule has 0 saturated heterocycles. The molecular formula is C30H24Cl4CuN2O2. The Morgan fingerprint density at radius 3 is 1.26 bits per heavy atom. The van der Waals surface area contributed by atoms with Crippen LogP contribution in [0.25, 0.3) is 0 Å². The number of halogens is 4. The zero-order chi connectivity index (χ0) is 27.7. The number of hydrogen-bond acceptors (Lipinski definition) is 4. The van der Waals surface area contributed by atoms with Crippen LogP contribution in [-0.2, 0) is 17.1 Å². The summed E-state index contributed by atoms with van der Waals surface area (Å²) in [5, 5.41) is 24.7. The molecule has 4 aromatic rings. The molecule has 9 heteroatoms. The van der Waals surface area contributed by atoms with Gasteiger partial charge in [0, 0.05) is 32.5 Å². The fourth-order valence-electron chi connectivity index (χ4n) is 3.37. The Labute approximate surface area is 259 Å². The molecule has 4 nitrogen and oxygen atoms in total. The summed E-state index contributed by atoms with van der Waals surface area (Å²) in [6, 6.07) is 25.6. The number of nitrogens with zero attached hydrogens (tertiary/aromatic N) is 2. The van der Waals surface area contributed by atoms with Gasteiger partial charge in [0.05, 0.1) is 12.1 Å². The van der Waals surface area contributed by atoms with Crippen molar-refractivity contribution in [3.63, 3.8) is 0 Å². The topological polar surface area (TPSA) is 70.8 Å². The van der Waals surface area contributed by atoms with Crippen molar-refractivity contribution in [2.75, 3.05) is 0 Å². The third-order valence-electron chi connectivity index (χ3n) is 5.51. The summed E-state index contributed by atoms with van der Waals surface area (Å²) in [5.74, 6) is -0.509. The molecule has 0 spiro atoms. The van der Waals surface area contributed by atoms with Crippen molar-refractivity contribution in [1.82, 2.24) is 0 Å². The average molecular weight is 650 g/mol. The minimum atomic E-state index is -0.255. The van der Waals surface area contributed by atoms with Crippen LogP contribution in [0.2, 0.25) is 20.1 Å². The van der Waals surface area contributed by atoms with Gasteiger partial charge in [-0.15, -0.1) is 0 Å². The van der Waals surface area contributed by atoms with Gasteiger partial charge < -0.3 is 10.2 Å². The van der Waals surface area contributed by atoms with Crippen molar-refractivity contribution in [2.24, 2.45) is 9.98 Å². The molecule has 39 heavy (non-hydrogen) atoms. The first-order valence-electron chi connectivity index (χ1n) is 11.6. The van der Waals surface area contributed by atoms with Gasteiger partial charge in [-0.1, -0.05) is 119 Å². The van der Waals surface area contributed by atoms with E-state index >= 15 is 0 Å². The maximum atomic E-state index is 11.8. The van der Waals surface area contributed by atoms with Crippen LogP contribution in [-0.4, -0.2) is 12.4 Å². The molecule has 0 fully saturated rings. The first kappa shape index (κ1) is 32.7. The molecule has 0 aromatic heterocycles. The van der Waals surface area contributed by atoms with E-state index in [0.717, 1.165) is 11.1 Å². The van der Waals surface area contributed by atoms with Crippen molar-refractivity contribution < 1.29 is 27.3 Å². The zero-order valence-corrected chi connectivity index (χ0v) is 24.9. The molecule has 1 radical (unpaired) electrons. The van der Waals surface area contributed by atoms with Gasteiger partial charge in [-0.3, -0.25) is 9.98 Å². The number of rotatable bonds is 6. The van der Waals surface area contributed by atoms with Crippen molar-refractivity contribution in [1.29, 1.82) is 0 Å². The fraction of sp³-hybridized carbons (Fsp3) is 0.133. The van der Waals surface area contributed by atoms with E-state index in [4.69, 9.17) is 46.4 Å². The Bertz CT molecular complexity index is 1310. The molecule has 0 bridgehead atoms. The van der Waals surface area contributed by atoms with E-state index in [1.165, 1.54) is 24.6 Å². The molecule has 0 unspecified atom stereocenters. The second kappa shape index (κ2) is 15.9. The Hall–Kier alpha value is -2.50. The first-order valence-corrected chi connectivity index (χ1v) is 13.1. The van der Waals surface area contributed by atoms with E-state index in [0.29, 0.717) is 21.2 Å². The molecule has 0 aliphatic heterocycles. The van der Waals surface area contributed by atoms with Crippen LogP contribution in [0, 0.1) is 0 Å². The number of aliphatic imine (C=N–C) groups is 2. The number of benzene rings is 4. The third kappa shape index (κ3) is 9.88. The van der Waals surface area contributed by atoms with Crippen LogP contribution in [0.1, 0.15) is 48.2 Å². The van der Waals surface area contributed by atoms with Gasteiger partial charge in [-0.25, -0.2) is 0 Å². The van der Waals surface area contributed by atoms with E-state index in [1.807, 2.05) is 74.5 Å². The van der Waals surface area contributed by atoms with Crippen LogP contribution in [0.4, 0.5) is 0 Å². The summed E-state index contributed by atoms with van der Waals surface area (Å²) in [7, 11) is 0. The Balaban J connectivity index is 0.000000267. The largest absolute Gasteiger partial charge is 2.00 e. The normalized spacial score (nSPS) is 12.5. The van der Waals surface area contributed by atoms with Gasteiger partial charge in [0.15, 0.2) is 0 Å². The molecule has 205 valence electrons.